The Morgan fingerprint density at radius 3 is 3.00 bits per heavy atom. The number of carbonyl (C=O) groups excluding carboxylic acids is 1. The topological polar surface area (TPSA) is 41.1 Å². The molecule has 2 rings (SSSR count). The van der Waals surface area contributed by atoms with Gasteiger partial charge in [0.25, 0.3) is 0 Å². The average molecular weight is 243 g/mol. The first-order valence-corrected chi connectivity index (χ1v) is 5.47. The minimum atomic E-state index is -0.415. The van der Waals surface area contributed by atoms with Gasteiger partial charge < -0.3 is 10.6 Å². The van der Waals surface area contributed by atoms with Gasteiger partial charge in [-0.15, -0.1) is 0 Å². The molecule has 0 aliphatic carbocycles. The molecule has 1 aromatic rings. The number of hydrogen-bond acceptors (Lipinski definition) is 2. The predicted molar refractivity (Wildman–Crippen MR) is 59.7 cm³/mol. The number of benzene rings is 1. The van der Waals surface area contributed by atoms with Gasteiger partial charge >= 0.3 is 0 Å². The van der Waals surface area contributed by atoms with Gasteiger partial charge in [0.05, 0.1) is 5.02 Å². The summed E-state index contributed by atoms with van der Waals surface area (Å²) < 4.78 is 13.1. The highest BCUT2D eigenvalue weighted by Crippen LogP contribution is 2.15. The van der Waals surface area contributed by atoms with E-state index in [9.17, 15) is 9.18 Å². The lowest BCUT2D eigenvalue weighted by Crippen LogP contribution is -2.30. The molecule has 86 valence electrons. The number of carbonyl (C=O) groups is 1. The smallest absolute Gasteiger partial charge is 0.221 e. The first kappa shape index (κ1) is 11.4. The zero-order valence-corrected chi connectivity index (χ0v) is 9.35. The summed E-state index contributed by atoms with van der Waals surface area (Å²) in [5.41, 5.74) is 0.821. The van der Waals surface area contributed by atoms with Gasteiger partial charge in [-0.2, -0.15) is 0 Å². The Bertz CT molecular complexity index is 411. The first-order valence-electron chi connectivity index (χ1n) is 5.09. The maximum Gasteiger partial charge on any atom is 0.221 e. The maximum absolute atomic E-state index is 13.1. The molecular formula is C11H12ClFN2O. The molecule has 1 aromatic carbocycles. The van der Waals surface area contributed by atoms with Crippen LogP contribution in [-0.4, -0.2) is 18.5 Å². The average Bonchev–Trinajstić information content (AvgIpc) is 2.66. The van der Waals surface area contributed by atoms with E-state index in [0.717, 1.165) is 5.56 Å². The van der Waals surface area contributed by atoms with Crippen LogP contribution in [0.1, 0.15) is 12.0 Å². The Kier molecular flexibility index (Phi) is 3.41. The minimum Gasteiger partial charge on any atom is -0.354 e. The molecular weight excluding hydrogens is 231 g/mol. The lowest BCUT2D eigenvalue weighted by molar-refractivity contribution is -0.119. The zero-order valence-electron chi connectivity index (χ0n) is 8.59. The van der Waals surface area contributed by atoms with E-state index in [1.165, 1.54) is 12.1 Å². The lowest BCUT2D eigenvalue weighted by atomic mass is 10.2. The SMILES string of the molecule is O=C1CC(NCc2ccc(Cl)c(F)c2)CN1. The molecule has 2 N–H and O–H groups in total. The molecule has 1 aliphatic heterocycles. The molecule has 1 heterocycles. The van der Waals surface area contributed by atoms with Gasteiger partial charge in [0.15, 0.2) is 0 Å². The summed E-state index contributed by atoms with van der Waals surface area (Å²) in [4.78, 5) is 10.9. The van der Waals surface area contributed by atoms with Crippen LogP contribution < -0.4 is 10.6 Å². The number of amides is 1. The second-order valence-corrected chi connectivity index (χ2v) is 4.24. The van der Waals surface area contributed by atoms with Gasteiger partial charge in [-0.3, -0.25) is 4.79 Å². The van der Waals surface area contributed by atoms with Crippen molar-refractivity contribution >= 4 is 17.5 Å². The van der Waals surface area contributed by atoms with Crippen molar-refractivity contribution in [3.8, 4) is 0 Å². The molecule has 1 unspecified atom stereocenters. The van der Waals surface area contributed by atoms with Crippen LogP contribution in [-0.2, 0) is 11.3 Å². The second-order valence-electron chi connectivity index (χ2n) is 3.83. The van der Waals surface area contributed by atoms with Crippen LogP contribution in [0.2, 0.25) is 5.02 Å². The van der Waals surface area contributed by atoms with E-state index >= 15 is 0 Å². The fraction of sp³-hybridized carbons (Fsp3) is 0.364. The highest BCUT2D eigenvalue weighted by atomic mass is 35.5. The Hall–Kier alpha value is -1.13. The van der Waals surface area contributed by atoms with Crippen molar-refractivity contribution in [3.05, 3.63) is 34.6 Å². The Labute approximate surface area is 98.0 Å². The predicted octanol–water partition coefficient (Wildman–Crippen LogP) is 1.46. The Balaban J connectivity index is 1.89. The number of hydrogen-bond donors (Lipinski definition) is 2. The molecule has 1 atom stereocenters. The van der Waals surface area contributed by atoms with Crippen molar-refractivity contribution < 1.29 is 9.18 Å². The van der Waals surface area contributed by atoms with Crippen molar-refractivity contribution in [2.24, 2.45) is 0 Å². The van der Waals surface area contributed by atoms with Gasteiger partial charge in [-0.1, -0.05) is 17.7 Å². The standard InChI is InChI=1S/C11H12ClFN2O/c12-9-2-1-7(3-10(9)13)5-14-8-4-11(16)15-6-8/h1-3,8,14H,4-6H2,(H,15,16). The molecule has 5 heteroatoms. The molecule has 1 fully saturated rings. The number of halogens is 2. The highest BCUT2D eigenvalue weighted by Gasteiger charge is 2.20. The van der Waals surface area contributed by atoms with E-state index in [1.54, 1.807) is 6.07 Å². The monoisotopic (exact) mass is 242 g/mol. The Morgan fingerprint density at radius 2 is 2.38 bits per heavy atom. The summed E-state index contributed by atoms with van der Waals surface area (Å²) in [5, 5.41) is 6.04. The van der Waals surface area contributed by atoms with Crippen molar-refractivity contribution in [2.75, 3.05) is 6.54 Å². The van der Waals surface area contributed by atoms with Gasteiger partial charge in [0.1, 0.15) is 5.82 Å². The highest BCUT2D eigenvalue weighted by molar-refractivity contribution is 6.30. The summed E-state index contributed by atoms with van der Waals surface area (Å²) >= 11 is 5.58. The van der Waals surface area contributed by atoms with Crippen LogP contribution >= 0.6 is 11.6 Å². The largest absolute Gasteiger partial charge is 0.354 e. The van der Waals surface area contributed by atoms with Crippen molar-refractivity contribution in [1.82, 2.24) is 10.6 Å². The van der Waals surface area contributed by atoms with Crippen LogP contribution in [0, 0.1) is 5.82 Å². The normalized spacial score (nSPS) is 19.9. The third-order valence-corrected chi connectivity index (χ3v) is 2.86. The fourth-order valence-electron chi connectivity index (χ4n) is 1.66. The van der Waals surface area contributed by atoms with Crippen LogP contribution in [0.4, 0.5) is 4.39 Å². The van der Waals surface area contributed by atoms with Crippen LogP contribution in [0.5, 0.6) is 0 Å². The summed E-state index contributed by atoms with van der Waals surface area (Å²) in [6, 6.07) is 4.83. The summed E-state index contributed by atoms with van der Waals surface area (Å²) in [5.74, 6) is -0.360. The summed E-state index contributed by atoms with van der Waals surface area (Å²) in [7, 11) is 0. The van der Waals surface area contributed by atoms with E-state index < -0.39 is 5.82 Å². The van der Waals surface area contributed by atoms with Crippen molar-refractivity contribution in [3.63, 3.8) is 0 Å². The van der Waals surface area contributed by atoms with Gasteiger partial charge in [0, 0.05) is 25.6 Å². The molecule has 1 aliphatic rings. The molecule has 0 radical (unpaired) electrons. The molecule has 1 saturated heterocycles. The molecule has 1 amide bonds. The number of rotatable bonds is 3. The molecule has 0 saturated carbocycles. The van der Waals surface area contributed by atoms with Gasteiger partial charge in [-0.05, 0) is 17.7 Å². The van der Waals surface area contributed by atoms with E-state index in [2.05, 4.69) is 10.6 Å². The van der Waals surface area contributed by atoms with E-state index in [1.807, 2.05) is 0 Å². The van der Waals surface area contributed by atoms with Gasteiger partial charge in [0.2, 0.25) is 5.91 Å². The van der Waals surface area contributed by atoms with Crippen molar-refractivity contribution in [1.29, 1.82) is 0 Å². The van der Waals surface area contributed by atoms with E-state index in [4.69, 9.17) is 11.6 Å². The van der Waals surface area contributed by atoms with Crippen molar-refractivity contribution in [2.45, 2.75) is 19.0 Å². The third kappa shape index (κ3) is 2.71. The van der Waals surface area contributed by atoms with Crippen LogP contribution in [0.15, 0.2) is 18.2 Å². The minimum absolute atomic E-state index is 0.0554. The quantitative estimate of drug-likeness (QED) is 0.843. The summed E-state index contributed by atoms with van der Waals surface area (Å²) in [6.07, 6.45) is 0.482. The van der Waals surface area contributed by atoms with Gasteiger partial charge in [-0.25, -0.2) is 4.39 Å². The molecule has 3 nitrogen and oxygen atoms in total. The molecule has 0 bridgehead atoms. The number of nitrogens with one attached hydrogen (secondary N) is 2. The third-order valence-electron chi connectivity index (χ3n) is 2.56. The molecule has 16 heavy (non-hydrogen) atoms. The van der Waals surface area contributed by atoms with Crippen LogP contribution in [0.3, 0.4) is 0 Å². The second kappa shape index (κ2) is 4.80. The first-order chi connectivity index (χ1) is 7.65. The maximum atomic E-state index is 13.1. The zero-order chi connectivity index (χ0) is 11.5. The van der Waals surface area contributed by atoms with Crippen LogP contribution in [0.25, 0.3) is 0 Å². The molecule has 0 spiro atoms. The van der Waals surface area contributed by atoms with E-state index in [0.29, 0.717) is 19.5 Å². The Morgan fingerprint density at radius 1 is 1.56 bits per heavy atom. The molecule has 0 aromatic heterocycles. The van der Waals surface area contributed by atoms with E-state index in [-0.39, 0.29) is 17.0 Å². The summed E-state index contributed by atoms with van der Waals surface area (Å²) in [6.45, 7) is 1.17. The fourth-order valence-corrected chi connectivity index (χ4v) is 1.78. The lowest BCUT2D eigenvalue weighted by Gasteiger charge is -2.10.